The van der Waals surface area contributed by atoms with Crippen LogP contribution in [0.2, 0.25) is 0 Å². The van der Waals surface area contributed by atoms with Crippen molar-refractivity contribution in [2.24, 2.45) is 5.41 Å². The number of fused-ring (bicyclic) bond motifs is 1. The Morgan fingerprint density at radius 1 is 1.23 bits per heavy atom. The minimum absolute atomic E-state index is 0.0581. The third kappa shape index (κ3) is 3.39. The van der Waals surface area contributed by atoms with Crippen molar-refractivity contribution >= 4 is 5.91 Å². The Morgan fingerprint density at radius 2 is 2.08 bits per heavy atom. The molecule has 1 aromatic carbocycles. The minimum atomic E-state index is 0.0581. The Hall–Kier alpha value is -2.56. The fourth-order valence-corrected chi connectivity index (χ4v) is 3.91. The highest BCUT2D eigenvalue weighted by atomic mass is 16.7. The van der Waals surface area contributed by atoms with Crippen LogP contribution in [-0.4, -0.2) is 29.1 Å². The molecule has 0 N–H and O–H groups in total. The van der Waals surface area contributed by atoms with E-state index in [2.05, 4.69) is 24.0 Å². The molecular weight excluding hydrogens is 328 g/mol. The van der Waals surface area contributed by atoms with Gasteiger partial charge in [0, 0.05) is 31.9 Å². The molecule has 1 atom stereocenters. The quantitative estimate of drug-likeness (QED) is 0.845. The molecule has 0 unspecified atom stereocenters. The molecule has 4 rings (SSSR count). The first-order valence-corrected chi connectivity index (χ1v) is 9.08. The van der Waals surface area contributed by atoms with Crippen molar-refractivity contribution in [1.29, 1.82) is 0 Å². The lowest BCUT2D eigenvalue weighted by Gasteiger charge is -2.40. The van der Waals surface area contributed by atoms with Crippen LogP contribution in [0.4, 0.5) is 0 Å². The van der Waals surface area contributed by atoms with Gasteiger partial charge in [-0.3, -0.25) is 9.78 Å². The highest BCUT2D eigenvalue weighted by molar-refractivity contribution is 5.77. The Kier molecular flexibility index (Phi) is 4.31. The van der Waals surface area contributed by atoms with Crippen molar-refractivity contribution < 1.29 is 14.3 Å². The van der Waals surface area contributed by atoms with Gasteiger partial charge in [-0.15, -0.1) is 0 Å². The number of benzene rings is 1. The molecule has 2 aliphatic rings. The smallest absolute Gasteiger partial charge is 0.231 e. The van der Waals surface area contributed by atoms with Gasteiger partial charge in [0.1, 0.15) is 0 Å². The summed E-state index contributed by atoms with van der Waals surface area (Å²) in [6, 6.07) is 8.16. The number of carbonyl (C=O) groups excluding carboxylic acids is 1. The number of ether oxygens (including phenoxy) is 2. The summed E-state index contributed by atoms with van der Waals surface area (Å²) in [6.45, 7) is 6.04. The number of hydrogen-bond donors (Lipinski definition) is 0. The summed E-state index contributed by atoms with van der Waals surface area (Å²) in [4.78, 5) is 18.6. The highest BCUT2D eigenvalue weighted by Crippen LogP contribution is 2.38. The predicted molar refractivity (Wildman–Crippen MR) is 98.0 cm³/mol. The Bertz CT molecular complexity index is 836. The fraction of sp³-hybridized carbons (Fsp3) is 0.429. The van der Waals surface area contributed by atoms with E-state index in [1.165, 1.54) is 11.1 Å². The predicted octanol–water partition coefficient (Wildman–Crippen LogP) is 3.49. The number of amides is 1. The number of carbonyl (C=O) groups is 1. The number of piperidine rings is 1. The van der Waals surface area contributed by atoms with Crippen molar-refractivity contribution in [2.75, 3.05) is 13.3 Å². The topological polar surface area (TPSA) is 51.7 Å². The lowest BCUT2D eigenvalue weighted by atomic mass is 9.76. The summed E-state index contributed by atoms with van der Waals surface area (Å²) in [5, 5.41) is 0. The van der Waals surface area contributed by atoms with E-state index in [1.54, 1.807) is 6.20 Å². The standard InChI is InChI=1S/C21H24N2O3/c1-15-11-22-8-6-17(15)12-23-13-21(2,7-5-20(23)24)10-16-3-4-18-19(9-16)26-14-25-18/h3-4,6,8-9,11H,5,7,10,12-14H2,1-2H3/t21-/m1/s1. The van der Waals surface area contributed by atoms with Crippen molar-refractivity contribution in [3.8, 4) is 11.5 Å². The summed E-state index contributed by atoms with van der Waals surface area (Å²) in [5.41, 5.74) is 3.58. The first kappa shape index (κ1) is 16.9. The largest absolute Gasteiger partial charge is 0.454 e. The molecule has 1 aromatic heterocycles. The van der Waals surface area contributed by atoms with Gasteiger partial charge in [0.2, 0.25) is 12.7 Å². The van der Waals surface area contributed by atoms with Gasteiger partial charge in [0.15, 0.2) is 11.5 Å². The summed E-state index contributed by atoms with van der Waals surface area (Å²) < 4.78 is 10.9. The van der Waals surface area contributed by atoms with Gasteiger partial charge in [-0.2, -0.15) is 0 Å². The van der Waals surface area contributed by atoms with E-state index in [9.17, 15) is 4.79 Å². The van der Waals surface area contributed by atoms with Gasteiger partial charge in [0.25, 0.3) is 0 Å². The van der Waals surface area contributed by atoms with Crippen LogP contribution in [0.25, 0.3) is 0 Å². The zero-order valence-corrected chi connectivity index (χ0v) is 15.3. The molecule has 1 amide bonds. The molecule has 5 heteroatoms. The van der Waals surface area contributed by atoms with E-state index in [0.29, 0.717) is 19.8 Å². The van der Waals surface area contributed by atoms with E-state index in [1.807, 2.05) is 30.2 Å². The maximum Gasteiger partial charge on any atom is 0.231 e. The van der Waals surface area contributed by atoms with Gasteiger partial charge in [-0.25, -0.2) is 0 Å². The van der Waals surface area contributed by atoms with Crippen LogP contribution in [0.1, 0.15) is 36.5 Å². The molecular formula is C21H24N2O3. The van der Waals surface area contributed by atoms with E-state index < -0.39 is 0 Å². The third-order valence-electron chi connectivity index (χ3n) is 5.43. The van der Waals surface area contributed by atoms with Crippen LogP contribution in [0, 0.1) is 12.3 Å². The summed E-state index contributed by atoms with van der Waals surface area (Å²) in [5.74, 6) is 1.87. The number of likely N-dealkylation sites (tertiary alicyclic amines) is 1. The van der Waals surface area contributed by atoms with Crippen LogP contribution >= 0.6 is 0 Å². The van der Waals surface area contributed by atoms with Crippen LogP contribution in [0.3, 0.4) is 0 Å². The normalized spacial score (nSPS) is 21.9. The first-order chi connectivity index (χ1) is 12.5. The number of aromatic nitrogens is 1. The van der Waals surface area contributed by atoms with E-state index >= 15 is 0 Å². The fourth-order valence-electron chi connectivity index (χ4n) is 3.91. The Balaban J connectivity index is 1.49. The number of pyridine rings is 1. The molecule has 2 aromatic rings. The minimum Gasteiger partial charge on any atom is -0.454 e. The molecule has 0 spiro atoms. The molecule has 0 aliphatic carbocycles. The van der Waals surface area contributed by atoms with Gasteiger partial charge in [0.05, 0.1) is 0 Å². The second-order valence-corrected chi connectivity index (χ2v) is 7.73. The lowest BCUT2D eigenvalue weighted by Crippen LogP contribution is -2.45. The van der Waals surface area contributed by atoms with Crippen molar-refractivity contribution in [3.63, 3.8) is 0 Å². The third-order valence-corrected chi connectivity index (χ3v) is 5.43. The molecule has 1 fully saturated rings. The van der Waals surface area contributed by atoms with E-state index in [4.69, 9.17) is 9.47 Å². The average Bonchev–Trinajstić information content (AvgIpc) is 3.08. The molecule has 26 heavy (non-hydrogen) atoms. The van der Waals surface area contributed by atoms with Gasteiger partial charge in [-0.05, 0) is 60.1 Å². The molecule has 1 saturated heterocycles. The zero-order chi connectivity index (χ0) is 18.1. The molecule has 136 valence electrons. The second-order valence-electron chi connectivity index (χ2n) is 7.73. The molecule has 5 nitrogen and oxygen atoms in total. The average molecular weight is 352 g/mol. The van der Waals surface area contributed by atoms with Crippen LogP contribution < -0.4 is 9.47 Å². The number of rotatable bonds is 4. The van der Waals surface area contributed by atoms with Crippen molar-refractivity contribution in [2.45, 2.75) is 39.7 Å². The Labute approximate surface area is 153 Å². The molecule has 0 radical (unpaired) electrons. The molecule has 2 aliphatic heterocycles. The number of nitrogens with zero attached hydrogens (tertiary/aromatic N) is 2. The molecule has 0 saturated carbocycles. The van der Waals surface area contributed by atoms with Crippen LogP contribution in [0.15, 0.2) is 36.7 Å². The monoisotopic (exact) mass is 352 g/mol. The maximum absolute atomic E-state index is 12.5. The number of aryl methyl sites for hydroxylation is 1. The number of hydrogen-bond acceptors (Lipinski definition) is 4. The highest BCUT2D eigenvalue weighted by Gasteiger charge is 2.35. The Morgan fingerprint density at radius 3 is 2.92 bits per heavy atom. The summed E-state index contributed by atoms with van der Waals surface area (Å²) in [6.07, 6.45) is 6.08. The van der Waals surface area contributed by atoms with Crippen LogP contribution in [-0.2, 0) is 17.8 Å². The second kappa shape index (κ2) is 6.63. The van der Waals surface area contributed by atoms with Crippen molar-refractivity contribution in [1.82, 2.24) is 9.88 Å². The first-order valence-electron chi connectivity index (χ1n) is 9.08. The lowest BCUT2D eigenvalue weighted by molar-refractivity contribution is -0.137. The summed E-state index contributed by atoms with van der Waals surface area (Å²) in [7, 11) is 0. The van der Waals surface area contributed by atoms with Crippen LogP contribution in [0.5, 0.6) is 11.5 Å². The zero-order valence-electron chi connectivity index (χ0n) is 15.3. The van der Waals surface area contributed by atoms with Gasteiger partial charge >= 0.3 is 0 Å². The van der Waals surface area contributed by atoms with Gasteiger partial charge in [-0.1, -0.05) is 13.0 Å². The molecule has 0 bridgehead atoms. The van der Waals surface area contributed by atoms with E-state index in [-0.39, 0.29) is 11.3 Å². The van der Waals surface area contributed by atoms with E-state index in [0.717, 1.165) is 36.4 Å². The molecule has 3 heterocycles. The maximum atomic E-state index is 12.5. The SMILES string of the molecule is Cc1cnccc1CN1C[C@@](C)(Cc2ccc3c(c2)OCO3)CCC1=O. The van der Waals surface area contributed by atoms with Gasteiger partial charge < -0.3 is 14.4 Å². The summed E-state index contributed by atoms with van der Waals surface area (Å²) >= 11 is 0. The van der Waals surface area contributed by atoms with Crippen molar-refractivity contribution in [3.05, 3.63) is 53.3 Å².